The summed E-state index contributed by atoms with van der Waals surface area (Å²) in [6.45, 7) is 4.62. The molecule has 0 bridgehead atoms. The number of sulfonamides is 1. The van der Waals surface area contributed by atoms with E-state index in [1.807, 2.05) is 13.8 Å². The zero-order valence-electron chi connectivity index (χ0n) is 25.5. The van der Waals surface area contributed by atoms with Crippen LogP contribution in [0.15, 0.2) is 65.6 Å². The molecule has 0 spiro atoms. The molecule has 238 valence electrons. The van der Waals surface area contributed by atoms with Crippen LogP contribution >= 0.6 is 11.6 Å². The summed E-state index contributed by atoms with van der Waals surface area (Å²) in [6.07, 6.45) is 0. The molecule has 0 aliphatic carbocycles. The summed E-state index contributed by atoms with van der Waals surface area (Å²) in [5.74, 6) is -1.12. The minimum Gasteiger partial charge on any atom is -0.495 e. The van der Waals surface area contributed by atoms with Crippen LogP contribution < -0.4 is 23.8 Å². The summed E-state index contributed by atoms with van der Waals surface area (Å²) in [7, 11) is -0.376. The highest BCUT2D eigenvalue weighted by Gasteiger charge is 2.34. The van der Waals surface area contributed by atoms with E-state index < -0.39 is 40.2 Å². The number of nitrogens with one attached hydrogen (secondary N) is 1. The second-order valence-corrected chi connectivity index (χ2v) is 12.6. The summed E-state index contributed by atoms with van der Waals surface area (Å²) >= 11 is 6.27. The second kappa shape index (κ2) is 15.1. The molecule has 1 N–H and O–H groups in total. The van der Waals surface area contributed by atoms with E-state index in [0.717, 1.165) is 9.21 Å². The number of halogens is 2. The van der Waals surface area contributed by atoms with E-state index in [9.17, 15) is 22.4 Å². The topological polar surface area (TPSA) is 114 Å². The largest absolute Gasteiger partial charge is 0.495 e. The van der Waals surface area contributed by atoms with Gasteiger partial charge in [0.15, 0.2) is 11.5 Å². The number of carbonyl (C=O) groups is 2. The Labute approximate surface area is 262 Å². The third-order valence-corrected chi connectivity index (χ3v) is 8.77. The molecule has 0 unspecified atom stereocenters. The molecule has 0 radical (unpaired) electrons. The molecule has 13 heteroatoms. The van der Waals surface area contributed by atoms with Crippen LogP contribution in [0.2, 0.25) is 5.02 Å². The summed E-state index contributed by atoms with van der Waals surface area (Å²) in [5, 5.41) is 2.97. The van der Waals surface area contributed by atoms with Crippen LogP contribution in [0.3, 0.4) is 0 Å². The first kappa shape index (κ1) is 34.5. The van der Waals surface area contributed by atoms with Gasteiger partial charge in [-0.1, -0.05) is 43.6 Å². The standard InChI is InChI=1S/C31H37ClFN3O7S/c1-20(2)17-34-31(38)21(3)35(18-22-9-7-8-10-25(22)33)30(37)19-36(26-15-23(32)11-13-27(26)41-4)44(39,40)24-12-14-28(42-5)29(16-24)43-6/h7-16,20-21H,17-19H2,1-6H3,(H,34,38)/t21-/m0/s1. The Hall–Kier alpha value is -4.03. The van der Waals surface area contributed by atoms with E-state index in [1.54, 1.807) is 6.07 Å². The van der Waals surface area contributed by atoms with Crippen molar-refractivity contribution in [3.63, 3.8) is 0 Å². The summed E-state index contributed by atoms with van der Waals surface area (Å²) in [6, 6.07) is 13.1. The number of hydrogen-bond donors (Lipinski definition) is 1. The van der Waals surface area contributed by atoms with Gasteiger partial charge < -0.3 is 24.4 Å². The van der Waals surface area contributed by atoms with Crippen molar-refractivity contribution < 1.29 is 36.6 Å². The van der Waals surface area contributed by atoms with Crippen molar-refractivity contribution in [2.75, 3.05) is 38.7 Å². The van der Waals surface area contributed by atoms with Gasteiger partial charge in [0.1, 0.15) is 24.2 Å². The summed E-state index contributed by atoms with van der Waals surface area (Å²) < 4.78 is 60.1. The molecule has 1 atom stereocenters. The van der Waals surface area contributed by atoms with Crippen molar-refractivity contribution >= 4 is 39.1 Å². The molecule has 0 aliphatic heterocycles. The highest BCUT2D eigenvalue weighted by molar-refractivity contribution is 7.92. The lowest BCUT2D eigenvalue weighted by atomic mass is 10.1. The van der Waals surface area contributed by atoms with E-state index in [1.165, 1.54) is 82.9 Å². The van der Waals surface area contributed by atoms with Gasteiger partial charge in [0, 0.05) is 29.7 Å². The van der Waals surface area contributed by atoms with Crippen LogP contribution in [0.25, 0.3) is 0 Å². The fraction of sp³-hybridized carbons (Fsp3) is 0.355. The van der Waals surface area contributed by atoms with Crippen molar-refractivity contribution in [2.24, 2.45) is 5.92 Å². The predicted octanol–water partition coefficient (Wildman–Crippen LogP) is 4.89. The molecule has 0 fully saturated rings. The van der Waals surface area contributed by atoms with Crippen molar-refractivity contribution in [2.45, 2.75) is 38.3 Å². The molecule has 0 saturated carbocycles. The third kappa shape index (κ3) is 8.11. The Morgan fingerprint density at radius 2 is 1.55 bits per heavy atom. The average Bonchev–Trinajstić information content (AvgIpc) is 3.00. The molecular weight excluding hydrogens is 613 g/mol. The molecule has 0 aliphatic rings. The highest BCUT2D eigenvalue weighted by Crippen LogP contribution is 2.37. The molecular formula is C31H37ClFN3O7S. The maximum absolute atomic E-state index is 14.7. The number of hydrogen-bond acceptors (Lipinski definition) is 7. The summed E-state index contributed by atoms with van der Waals surface area (Å²) in [4.78, 5) is 28.2. The zero-order chi connectivity index (χ0) is 32.6. The maximum Gasteiger partial charge on any atom is 0.265 e. The first-order valence-electron chi connectivity index (χ1n) is 13.7. The predicted molar refractivity (Wildman–Crippen MR) is 166 cm³/mol. The van der Waals surface area contributed by atoms with Crippen molar-refractivity contribution in [1.82, 2.24) is 10.2 Å². The third-order valence-electron chi connectivity index (χ3n) is 6.78. The Morgan fingerprint density at radius 1 is 0.909 bits per heavy atom. The molecule has 0 aromatic heterocycles. The molecule has 0 heterocycles. The van der Waals surface area contributed by atoms with E-state index in [0.29, 0.717) is 12.3 Å². The molecule has 0 saturated heterocycles. The Kier molecular flexibility index (Phi) is 11.8. The van der Waals surface area contributed by atoms with Crippen LogP contribution in [0, 0.1) is 11.7 Å². The normalized spacial score (nSPS) is 11.9. The molecule has 3 rings (SSSR count). The monoisotopic (exact) mass is 649 g/mol. The number of carbonyl (C=O) groups excluding carboxylic acids is 2. The quantitative estimate of drug-likeness (QED) is 0.265. The Morgan fingerprint density at radius 3 is 2.16 bits per heavy atom. The van der Waals surface area contributed by atoms with Crippen molar-refractivity contribution in [1.29, 1.82) is 0 Å². The average molecular weight is 650 g/mol. The highest BCUT2D eigenvalue weighted by atomic mass is 35.5. The number of rotatable bonds is 14. The maximum atomic E-state index is 14.7. The first-order chi connectivity index (χ1) is 20.8. The number of nitrogens with zero attached hydrogens (tertiary/aromatic N) is 2. The van der Waals surface area contributed by atoms with Crippen LogP contribution in [0.5, 0.6) is 17.2 Å². The SMILES string of the molecule is COc1ccc(S(=O)(=O)N(CC(=O)N(Cc2ccccc2F)[C@@H](C)C(=O)NCC(C)C)c2cc(Cl)ccc2OC)cc1OC. The van der Waals surface area contributed by atoms with Gasteiger partial charge in [-0.25, -0.2) is 12.8 Å². The molecule has 3 aromatic carbocycles. The minimum absolute atomic E-state index is 0.0223. The Balaban J connectivity index is 2.14. The van der Waals surface area contributed by atoms with Gasteiger partial charge >= 0.3 is 0 Å². The first-order valence-corrected chi connectivity index (χ1v) is 15.5. The molecule has 44 heavy (non-hydrogen) atoms. The van der Waals surface area contributed by atoms with Gasteiger partial charge in [-0.3, -0.25) is 13.9 Å². The fourth-order valence-electron chi connectivity index (χ4n) is 4.32. The van der Waals surface area contributed by atoms with Gasteiger partial charge in [0.2, 0.25) is 11.8 Å². The fourth-order valence-corrected chi connectivity index (χ4v) is 5.92. The number of methoxy groups -OCH3 is 3. The van der Waals surface area contributed by atoms with Gasteiger partial charge in [0.25, 0.3) is 10.0 Å². The lowest BCUT2D eigenvalue weighted by Gasteiger charge is -2.32. The molecule has 3 aromatic rings. The summed E-state index contributed by atoms with van der Waals surface area (Å²) in [5.41, 5.74) is 0.130. The number of ether oxygens (including phenoxy) is 3. The van der Waals surface area contributed by atoms with Crippen molar-refractivity contribution in [3.05, 3.63) is 77.1 Å². The van der Waals surface area contributed by atoms with Gasteiger partial charge in [0.05, 0.1) is 31.9 Å². The van der Waals surface area contributed by atoms with E-state index in [4.69, 9.17) is 25.8 Å². The minimum atomic E-state index is -4.50. The molecule has 2 amide bonds. The smallest absolute Gasteiger partial charge is 0.265 e. The van der Waals surface area contributed by atoms with Crippen LogP contribution in [-0.4, -0.2) is 65.6 Å². The van der Waals surface area contributed by atoms with E-state index in [-0.39, 0.29) is 45.1 Å². The van der Waals surface area contributed by atoms with Crippen LogP contribution in [0.4, 0.5) is 10.1 Å². The molecule has 10 nitrogen and oxygen atoms in total. The van der Waals surface area contributed by atoms with Gasteiger partial charge in [-0.2, -0.15) is 0 Å². The van der Waals surface area contributed by atoms with Crippen molar-refractivity contribution in [3.8, 4) is 17.2 Å². The Bertz CT molecular complexity index is 1590. The lowest BCUT2D eigenvalue weighted by Crippen LogP contribution is -2.51. The second-order valence-electron chi connectivity index (χ2n) is 10.3. The van der Waals surface area contributed by atoms with E-state index in [2.05, 4.69) is 5.32 Å². The number of amides is 2. The van der Waals surface area contributed by atoms with Gasteiger partial charge in [-0.15, -0.1) is 0 Å². The number of anilines is 1. The zero-order valence-corrected chi connectivity index (χ0v) is 27.0. The van der Waals surface area contributed by atoms with Crippen LogP contribution in [0.1, 0.15) is 26.3 Å². The van der Waals surface area contributed by atoms with Gasteiger partial charge in [-0.05, 0) is 49.2 Å². The number of benzene rings is 3. The lowest BCUT2D eigenvalue weighted by molar-refractivity contribution is -0.139. The van der Waals surface area contributed by atoms with Crippen LogP contribution in [-0.2, 0) is 26.2 Å². The van der Waals surface area contributed by atoms with E-state index >= 15 is 0 Å².